The third kappa shape index (κ3) is 3.81. The first-order valence-corrected chi connectivity index (χ1v) is 6.73. The van der Waals surface area contributed by atoms with Gasteiger partial charge in [0.1, 0.15) is 5.82 Å². The van der Waals surface area contributed by atoms with Crippen molar-refractivity contribution in [3.8, 4) is 0 Å². The second kappa shape index (κ2) is 6.53. The highest BCUT2D eigenvalue weighted by atomic mass is 35.5. The van der Waals surface area contributed by atoms with Crippen LogP contribution in [0.3, 0.4) is 0 Å². The van der Waals surface area contributed by atoms with Gasteiger partial charge in [0, 0.05) is 6.54 Å². The zero-order chi connectivity index (χ0) is 14.5. The van der Waals surface area contributed by atoms with Gasteiger partial charge in [0.25, 0.3) is 5.91 Å². The van der Waals surface area contributed by atoms with Crippen molar-refractivity contribution in [2.45, 2.75) is 13.3 Å². The molecule has 0 fully saturated rings. The molecule has 104 valence electrons. The van der Waals surface area contributed by atoms with Gasteiger partial charge in [-0.2, -0.15) is 0 Å². The van der Waals surface area contributed by atoms with Gasteiger partial charge in [0.05, 0.1) is 10.6 Å². The van der Waals surface area contributed by atoms with Gasteiger partial charge < -0.3 is 5.32 Å². The van der Waals surface area contributed by atoms with Crippen molar-refractivity contribution in [1.29, 1.82) is 0 Å². The van der Waals surface area contributed by atoms with Crippen LogP contribution in [0.4, 0.5) is 4.39 Å². The largest absolute Gasteiger partial charge is 0.352 e. The molecule has 0 heterocycles. The number of amides is 1. The van der Waals surface area contributed by atoms with E-state index < -0.39 is 0 Å². The molecule has 0 aromatic heterocycles. The Kier molecular flexibility index (Phi) is 4.74. The average molecular weight is 292 g/mol. The van der Waals surface area contributed by atoms with Gasteiger partial charge in [-0.3, -0.25) is 4.79 Å². The molecule has 0 spiro atoms. The number of hydrogen-bond acceptors (Lipinski definition) is 1. The second-order valence-electron chi connectivity index (χ2n) is 4.62. The molecule has 0 atom stereocenters. The van der Waals surface area contributed by atoms with E-state index in [1.165, 1.54) is 12.1 Å². The molecule has 0 aliphatic carbocycles. The maximum atomic E-state index is 12.8. The first-order chi connectivity index (χ1) is 9.56. The van der Waals surface area contributed by atoms with Gasteiger partial charge in [0.2, 0.25) is 0 Å². The predicted octanol–water partition coefficient (Wildman–Crippen LogP) is 3.76. The van der Waals surface area contributed by atoms with Gasteiger partial charge in [-0.1, -0.05) is 29.8 Å². The van der Waals surface area contributed by atoms with Crippen LogP contribution in [0.25, 0.3) is 0 Å². The number of halogens is 2. The number of nitrogens with one attached hydrogen (secondary N) is 1. The summed E-state index contributed by atoms with van der Waals surface area (Å²) in [5.74, 6) is -0.457. The lowest BCUT2D eigenvalue weighted by molar-refractivity contribution is 0.0954. The first kappa shape index (κ1) is 14.5. The number of benzene rings is 2. The molecule has 1 N–H and O–H groups in total. The lowest BCUT2D eigenvalue weighted by Crippen LogP contribution is -2.26. The number of hydrogen-bond donors (Lipinski definition) is 1. The van der Waals surface area contributed by atoms with E-state index in [0.717, 1.165) is 11.1 Å². The molecule has 20 heavy (non-hydrogen) atoms. The highest BCUT2D eigenvalue weighted by Gasteiger charge is 2.09. The topological polar surface area (TPSA) is 29.1 Å². The molecular weight excluding hydrogens is 277 g/mol. The molecule has 0 saturated heterocycles. The van der Waals surface area contributed by atoms with Gasteiger partial charge in [0.15, 0.2) is 0 Å². The summed E-state index contributed by atoms with van der Waals surface area (Å²) in [6, 6.07) is 11.6. The smallest absolute Gasteiger partial charge is 0.252 e. The van der Waals surface area contributed by atoms with E-state index in [-0.39, 0.29) is 11.7 Å². The van der Waals surface area contributed by atoms with E-state index in [4.69, 9.17) is 11.6 Å². The fraction of sp³-hybridized carbons (Fsp3) is 0.188. The number of rotatable bonds is 4. The SMILES string of the molecule is Cc1ccc(C(=O)NCCc2ccc(F)cc2)c(Cl)c1. The zero-order valence-electron chi connectivity index (χ0n) is 11.1. The van der Waals surface area contributed by atoms with Crippen molar-refractivity contribution in [2.75, 3.05) is 6.54 Å². The van der Waals surface area contributed by atoms with Crippen LogP contribution < -0.4 is 5.32 Å². The maximum absolute atomic E-state index is 12.8. The molecule has 1 amide bonds. The van der Waals surface area contributed by atoms with Crippen molar-refractivity contribution in [3.63, 3.8) is 0 Å². The molecule has 0 aliphatic rings. The van der Waals surface area contributed by atoms with Crippen molar-refractivity contribution in [2.24, 2.45) is 0 Å². The Morgan fingerprint density at radius 1 is 1.20 bits per heavy atom. The fourth-order valence-corrected chi connectivity index (χ4v) is 2.19. The zero-order valence-corrected chi connectivity index (χ0v) is 11.9. The van der Waals surface area contributed by atoms with Gasteiger partial charge in [-0.15, -0.1) is 0 Å². The molecule has 0 unspecified atom stereocenters. The van der Waals surface area contributed by atoms with Crippen LogP contribution in [0.2, 0.25) is 5.02 Å². The van der Waals surface area contributed by atoms with E-state index in [2.05, 4.69) is 5.32 Å². The number of carbonyl (C=O) groups is 1. The summed E-state index contributed by atoms with van der Waals surface area (Å²) in [6.07, 6.45) is 0.648. The van der Waals surface area contributed by atoms with Crippen molar-refractivity contribution < 1.29 is 9.18 Å². The minimum Gasteiger partial charge on any atom is -0.352 e. The quantitative estimate of drug-likeness (QED) is 0.913. The van der Waals surface area contributed by atoms with Gasteiger partial charge in [-0.05, 0) is 48.7 Å². The molecular formula is C16H15ClFNO. The summed E-state index contributed by atoms with van der Waals surface area (Å²) >= 11 is 6.04. The summed E-state index contributed by atoms with van der Waals surface area (Å²) < 4.78 is 12.8. The van der Waals surface area contributed by atoms with Gasteiger partial charge >= 0.3 is 0 Å². The lowest BCUT2D eigenvalue weighted by Gasteiger charge is -2.07. The fourth-order valence-electron chi connectivity index (χ4n) is 1.87. The summed E-state index contributed by atoms with van der Waals surface area (Å²) in [7, 11) is 0. The second-order valence-corrected chi connectivity index (χ2v) is 5.02. The third-order valence-corrected chi connectivity index (χ3v) is 3.29. The molecule has 0 saturated carbocycles. The Morgan fingerprint density at radius 2 is 1.90 bits per heavy atom. The summed E-state index contributed by atoms with van der Waals surface area (Å²) in [6.45, 7) is 2.40. The third-order valence-electron chi connectivity index (χ3n) is 2.98. The normalized spacial score (nSPS) is 10.3. The highest BCUT2D eigenvalue weighted by molar-refractivity contribution is 6.33. The minimum atomic E-state index is -0.260. The molecule has 2 aromatic carbocycles. The lowest BCUT2D eigenvalue weighted by atomic mass is 10.1. The standard InChI is InChI=1S/C16H15ClFNO/c1-11-2-7-14(15(17)10-11)16(20)19-9-8-12-3-5-13(18)6-4-12/h2-7,10H,8-9H2,1H3,(H,19,20). The summed E-state index contributed by atoms with van der Waals surface area (Å²) in [5, 5.41) is 3.25. The maximum Gasteiger partial charge on any atom is 0.252 e. The predicted molar refractivity (Wildman–Crippen MR) is 78.6 cm³/mol. The minimum absolute atomic E-state index is 0.197. The van der Waals surface area contributed by atoms with Crippen molar-refractivity contribution >= 4 is 17.5 Å². The summed E-state index contributed by atoms with van der Waals surface area (Å²) in [5.41, 5.74) is 2.45. The molecule has 2 aromatic rings. The highest BCUT2D eigenvalue weighted by Crippen LogP contribution is 2.17. The van der Waals surface area contributed by atoms with Crippen LogP contribution in [0, 0.1) is 12.7 Å². The van der Waals surface area contributed by atoms with Crippen LogP contribution in [0.15, 0.2) is 42.5 Å². The molecule has 0 bridgehead atoms. The first-order valence-electron chi connectivity index (χ1n) is 6.35. The molecule has 2 nitrogen and oxygen atoms in total. The van der Waals surface area contributed by atoms with Gasteiger partial charge in [-0.25, -0.2) is 4.39 Å². The van der Waals surface area contributed by atoms with Crippen LogP contribution in [0.1, 0.15) is 21.5 Å². The van der Waals surface area contributed by atoms with Crippen LogP contribution in [0.5, 0.6) is 0 Å². The van der Waals surface area contributed by atoms with E-state index in [1.807, 2.05) is 13.0 Å². The monoisotopic (exact) mass is 291 g/mol. The molecule has 0 radical (unpaired) electrons. The van der Waals surface area contributed by atoms with Crippen LogP contribution in [-0.4, -0.2) is 12.5 Å². The van der Waals surface area contributed by atoms with Crippen molar-refractivity contribution in [1.82, 2.24) is 5.32 Å². The number of carbonyl (C=O) groups excluding carboxylic acids is 1. The Morgan fingerprint density at radius 3 is 2.55 bits per heavy atom. The summed E-state index contributed by atoms with van der Waals surface area (Å²) in [4.78, 5) is 12.0. The van der Waals surface area contributed by atoms with E-state index in [0.29, 0.717) is 23.6 Å². The number of aryl methyl sites for hydroxylation is 1. The molecule has 0 aliphatic heterocycles. The molecule has 2 rings (SSSR count). The van der Waals surface area contributed by atoms with Crippen LogP contribution >= 0.6 is 11.6 Å². The Hall–Kier alpha value is -1.87. The van der Waals surface area contributed by atoms with Crippen molar-refractivity contribution in [3.05, 3.63) is 70.0 Å². The molecule has 4 heteroatoms. The Labute approximate surface area is 122 Å². The van der Waals surface area contributed by atoms with E-state index in [1.54, 1.807) is 24.3 Å². The van der Waals surface area contributed by atoms with Crippen LogP contribution in [-0.2, 0) is 6.42 Å². The van der Waals surface area contributed by atoms with E-state index in [9.17, 15) is 9.18 Å². The average Bonchev–Trinajstić information content (AvgIpc) is 2.41. The Bertz CT molecular complexity index is 610. The van der Waals surface area contributed by atoms with E-state index >= 15 is 0 Å². The Balaban J connectivity index is 1.90.